The van der Waals surface area contributed by atoms with Gasteiger partial charge in [-0.15, -0.1) is 11.3 Å². The Morgan fingerprint density at radius 3 is 3.10 bits per heavy atom. The zero-order chi connectivity index (χ0) is 14.1. The van der Waals surface area contributed by atoms with Gasteiger partial charge in [-0.05, 0) is 35.2 Å². The Hall–Kier alpha value is -1.89. The van der Waals surface area contributed by atoms with Crippen molar-refractivity contribution in [1.29, 1.82) is 0 Å². The summed E-state index contributed by atoms with van der Waals surface area (Å²) in [5.74, 6) is 0. The van der Waals surface area contributed by atoms with E-state index in [-0.39, 0.29) is 6.29 Å². The Kier molecular flexibility index (Phi) is 3.34. The van der Waals surface area contributed by atoms with Gasteiger partial charge in [0.1, 0.15) is 0 Å². The summed E-state index contributed by atoms with van der Waals surface area (Å²) in [6.45, 7) is 2.15. The summed E-state index contributed by atoms with van der Waals surface area (Å²) in [6.07, 6.45) is 1.66. The molecule has 1 saturated heterocycles. The van der Waals surface area contributed by atoms with Gasteiger partial charge in [-0.25, -0.2) is 0 Å². The summed E-state index contributed by atoms with van der Waals surface area (Å²) >= 11 is 1.68. The van der Waals surface area contributed by atoms with Crippen molar-refractivity contribution in [3.05, 3.63) is 46.3 Å². The molecule has 1 fully saturated rings. The SMILES string of the molecule is c1sc(C2OCCO2)cc1CNc1ccc2[nH]ncc2c1. The number of anilines is 1. The van der Waals surface area contributed by atoms with Crippen LogP contribution < -0.4 is 5.32 Å². The van der Waals surface area contributed by atoms with Crippen LogP contribution in [0.2, 0.25) is 0 Å². The predicted molar refractivity (Wildman–Crippen MR) is 82.4 cm³/mol. The van der Waals surface area contributed by atoms with Crippen LogP contribution in [0.1, 0.15) is 16.7 Å². The Balaban J connectivity index is 1.43. The van der Waals surface area contributed by atoms with Gasteiger partial charge in [-0.1, -0.05) is 0 Å². The Labute approximate surface area is 125 Å². The molecule has 0 aliphatic carbocycles. The zero-order valence-electron chi connectivity index (χ0n) is 11.3. The fraction of sp³-hybridized carbons (Fsp3) is 0.267. The third-order valence-electron chi connectivity index (χ3n) is 3.46. The molecule has 6 heteroatoms. The number of hydrogen-bond acceptors (Lipinski definition) is 5. The Morgan fingerprint density at radius 1 is 1.29 bits per heavy atom. The number of benzene rings is 1. The van der Waals surface area contributed by atoms with Crippen molar-refractivity contribution in [2.45, 2.75) is 12.8 Å². The molecule has 2 N–H and O–H groups in total. The van der Waals surface area contributed by atoms with E-state index in [9.17, 15) is 0 Å². The Bertz CT molecular complexity index is 746. The summed E-state index contributed by atoms with van der Waals surface area (Å²) in [5.41, 5.74) is 3.38. The predicted octanol–water partition coefficient (Wildman–Crippen LogP) is 3.28. The molecule has 1 aliphatic heterocycles. The maximum atomic E-state index is 5.51. The van der Waals surface area contributed by atoms with E-state index in [0.717, 1.165) is 28.0 Å². The van der Waals surface area contributed by atoms with Gasteiger partial charge in [0.2, 0.25) is 0 Å². The maximum absolute atomic E-state index is 5.51. The second-order valence-electron chi connectivity index (χ2n) is 4.96. The quantitative estimate of drug-likeness (QED) is 0.776. The average molecular weight is 301 g/mol. The first kappa shape index (κ1) is 12.8. The van der Waals surface area contributed by atoms with Gasteiger partial charge >= 0.3 is 0 Å². The molecule has 5 nitrogen and oxygen atoms in total. The van der Waals surface area contributed by atoms with Gasteiger partial charge in [-0.3, -0.25) is 5.10 Å². The van der Waals surface area contributed by atoms with Gasteiger partial charge in [0.15, 0.2) is 6.29 Å². The van der Waals surface area contributed by atoms with E-state index in [0.29, 0.717) is 13.2 Å². The smallest absolute Gasteiger partial charge is 0.193 e. The Morgan fingerprint density at radius 2 is 2.19 bits per heavy atom. The molecule has 4 rings (SSSR count). The van der Waals surface area contributed by atoms with Crippen molar-refractivity contribution in [2.24, 2.45) is 0 Å². The standard InChI is InChI=1S/C15H15N3O2S/c1-2-13-11(8-17-18-13)6-12(1)16-7-10-5-14(21-9-10)15-19-3-4-20-15/h1-2,5-6,8-9,15-16H,3-4,7H2,(H,17,18). The minimum absolute atomic E-state index is 0.175. The number of aromatic nitrogens is 2. The highest BCUT2D eigenvalue weighted by Gasteiger charge is 2.19. The topological polar surface area (TPSA) is 59.2 Å². The van der Waals surface area contributed by atoms with Gasteiger partial charge in [0, 0.05) is 17.6 Å². The summed E-state index contributed by atoms with van der Waals surface area (Å²) in [7, 11) is 0. The molecule has 0 unspecified atom stereocenters. The molecule has 0 atom stereocenters. The van der Waals surface area contributed by atoms with E-state index in [2.05, 4.69) is 39.1 Å². The van der Waals surface area contributed by atoms with E-state index in [4.69, 9.17) is 9.47 Å². The van der Waals surface area contributed by atoms with Crippen molar-refractivity contribution < 1.29 is 9.47 Å². The summed E-state index contributed by atoms with van der Waals surface area (Å²) in [4.78, 5) is 1.13. The molecule has 3 heterocycles. The van der Waals surface area contributed by atoms with Crippen molar-refractivity contribution in [3.63, 3.8) is 0 Å². The van der Waals surface area contributed by atoms with E-state index in [1.54, 1.807) is 11.3 Å². The fourth-order valence-corrected chi connectivity index (χ4v) is 3.30. The first-order valence-electron chi connectivity index (χ1n) is 6.86. The minimum Gasteiger partial charge on any atom is -0.381 e. The highest BCUT2D eigenvalue weighted by atomic mass is 32.1. The molecule has 1 aromatic carbocycles. The van der Waals surface area contributed by atoms with Crippen LogP contribution in [0, 0.1) is 0 Å². The number of rotatable bonds is 4. The summed E-state index contributed by atoms with van der Waals surface area (Å²) < 4.78 is 11.0. The van der Waals surface area contributed by atoms with Crippen LogP contribution >= 0.6 is 11.3 Å². The van der Waals surface area contributed by atoms with Gasteiger partial charge in [0.25, 0.3) is 0 Å². The van der Waals surface area contributed by atoms with Crippen molar-refractivity contribution in [3.8, 4) is 0 Å². The second kappa shape index (κ2) is 5.48. The highest BCUT2D eigenvalue weighted by molar-refractivity contribution is 7.10. The number of nitrogens with zero attached hydrogens (tertiary/aromatic N) is 1. The first-order valence-corrected chi connectivity index (χ1v) is 7.74. The van der Waals surface area contributed by atoms with Crippen LogP contribution in [0.25, 0.3) is 10.9 Å². The number of H-pyrrole nitrogens is 1. The molecule has 2 aromatic heterocycles. The number of thiophene rings is 1. The molecule has 0 amide bonds. The molecule has 0 bridgehead atoms. The molecule has 1 aliphatic rings. The fourth-order valence-electron chi connectivity index (χ4n) is 2.39. The summed E-state index contributed by atoms with van der Waals surface area (Å²) in [6, 6.07) is 8.32. The van der Waals surface area contributed by atoms with Gasteiger partial charge in [-0.2, -0.15) is 5.10 Å². The number of ether oxygens (including phenoxy) is 2. The van der Waals surface area contributed by atoms with Crippen LogP contribution in [0.15, 0.2) is 35.8 Å². The molecule has 21 heavy (non-hydrogen) atoms. The van der Waals surface area contributed by atoms with E-state index < -0.39 is 0 Å². The van der Waals surface area contributed by atoms with Crippen LogP contribution in [0.4, 0.5) is 5.69 Å². The number of nitrogens with one attached hydrogen (secondary N) is 2. The lowest BCUT2D eigenvalue weighted by molar-refractivity contribution is -0.0413. The largest absolute Gasteiger partial charge is 0.381 e. The first-order chi connectivity index (χ1) is 10.4. The second-order valence-corrected chi connectivity index (χ2v) is 5.90. The molecule has 0 saturated carbocycles. The molecular formula is C15H15N3O2S. The van der Waals surface area contributed by atoms with Crippen LogP contribution in [0.3, 0.4) is 0 Å². The maximum Gasteiger partial charge on any atom is 0.193 e. The van der Waals surface area contributed by atoms with Gasteiger partial charge < -0.3 is 14.8 Å². The van der Waals surface area contributed by atoms with E-state index in [1.165, 1.54) is 5.56 Å². The lowest BCUT2D eigenvalue weighted by Gasteiger charge is -2.06. The van der Waals surface area contributed by atoms with Crippen LogP contribution in [-0.2, 0) is 16.0 Å². The average Bonchev–Trinajstić information content (AvgIpc) is 3.24. The number of fused-ring (bicyclic) bond motifs is 1. The van der Waals surface area contributed by atoms with Crippen molar-refractivity contribution in [1.82, 2.24) is 10.2 Å². The lowest BCUT2D eigenvalue weighted by atomic mass is 10.2. The molecular weight excluding hydrogens is 286 g/mol. The highest BCUT2D eigenvalue weighted by Crippen LogP contribution is 2.29. The van der Waals surface area contributed by atoms with E-state index in [1.807, 2.05) is 12.3 Å². The third-order valence-corrected chi connectivity index (χ3v) is 4.47. The van der Waals surface area contributed by atoms with Crippen LogP contribution in [0.5, 0.6) is 0 Å². The van der Waals surface area contributed by atoms with E-state index >= 15 is 0 Å². The number of hydrogen-bond donors (Lipinski definition) is 2. The van der Waals surface area contributed by atoms with Crippen molar-refractivity contribution in [2.75, 3.05) is 18.5 Å². The normalized spacial score (nSPS) is 15.8. The monoisotopic (exact) mass is 301 g/mol. The zero-order valence-corrected chi connectivity index (χ0v) is 12.2. The molecule has 0 radical (unpaired) electrons. The third kappa shape index (κ3) is 2.65. The number of aromatic amines is 1. The van der Waals surface area contributed by atoms with Crippen LogP contribution in [-0.4, -0.2) is 23.4 Å². The van der Waals surface area contributed by atoms with Gasteiger partial charge in [0.05, 0.1) is 29.8 Å². The molecule has 108 valence electrons. The summed E-state index contributed by atoms with van der Waals surface area (Å²) in [5, 5.41) is 13.7. The molecule has 0 spiro atoms. The lowest BCUT2D eigenvalue weighted by Crippen LogP contribution is -1.98. The minimum atomic E-state index is -0.175. The van der Waals surface area contributed by atoms with Crippen molar-refractivity contribution >= 4 is 27.9 Å². The molecule has 3 aromatic rings.